The van der Waals surface area contributed by atoms with Crippen LogP contribution in [-0.4, -0.2) is 32.1 Å². The number of hydrogen-bond donors (Lipinski definition) is 0. The zero-order chi connectivity index (χ0) is 42.4. The maximum absolute atomic E-state index is 13.3. The van der Waals surface area contributed by atoms with E-state index in [1.54, 1.807) is 24.3 Å². The van der Waals surface area contributed by atoms with E-state index in [0.717, 1.165) is 77.6 Å². The fraction of sp³-hybridized carbons (Fsp3) is 0.353. The minimum Gasteiger partial charge on any atom is -0.491 e. The van der Waals surface area contributed by atoms with E-state index in [0.29, 0.717) is 33.8 Å². The van der Waals surface area contributed by atoms with Gasteiger partial charge >= 0.3 is 17.2 Å². The van der Waals surface area contributed by atoms with Crippen LogP contribution in [-0.2, 0) is 40.0 Å². The summed E-state index contributed by atoms with van der Waals surface area (Å²) in [5, 5.41) is 1.52. The molecule has 0 aliphatic carbocycles. The standard InChI is InChI=1S/C51H56O9/c1-6-11-13-15-34-17-23-43(36(8-3)25-34)45-27-38-19-21-40(29-47(38)59-50(45)53)55-31-42(57-33-58-49(52)10-5)32-56-41-22-20-39-28-46(51(54)60-48(39)30-41)44-24-18-35(16-14-12-7-2)26-37(44)9-4/h10,17-30,42H,5-9,11-16,31-33H2,1-4H3. The molecule has 0 spiro atoms. The van der Waals surface area contributed by atoms with Gasteiger partial charge in [-0.1, -0.05) is 96.4 Å². The van der Waals surface area contributed by atoms with Crippen LogP contribution in [0.4, 0.5) is 0 Å². The van der Waals surface area contributed by atoms with Gasteiger partial charge in [0.2, 0.25) is 0 Å². The molecule has 0 aliphatic rings. The van der Waals surface area contributed by atoms with Crippen LogP contribution < -0.4 is 20.7 Å². The van der Waals surface area contributed by atoms with Gasteiger partial charge in [0.1, 0.15) is 42.0 Å². The third-order valence-corrected chi connectivity index (χ3v) is 10.8. The molecule has 4 aromatic carbocycles. The van der Waals surface area contributed by atoms with Gasteiger partial charge in [0.25, 0.3) is 0 Å². The Labute approximate surface area is 351 Å². The molecule has 60 heavy (non-hydrogen) atoms. The Morgan fingerprint density at radius 3 is 1.53 bits per heavy atom. The topological polar surface area (TPSA) is 114 Å². The van der Waals surface area contributed by atoms with E-state index in [2.05, 4.69) is 58.5 Å². The zero-order valence-corrected chi connectivity index (χ0v) is 35.3. The van der Waals surface area contributed by atoms with Gasteiger partial charge in [0, 0.05) is 29.0 Å². The van der Waals surface area contributed by atoms with E-state index in [9.17, 15) is 14.4 Å². The van der Waals surface area contributed by atoms with Gasteiger partial charge in [0.05, 0.1) is 11.1 Å². The summed E-state index contributed by atoms with van der Waals surface area (Å²) in [6.45, 7) is 11.7. The SMILES string of the molecule is C=CC(=O)OCOC(COc1ccc2cc(-c3ccc(CCCCC)cc3CC)c(=O)oc2c1)COc1ccc2cc(-c3ccc(CCCCC)cc3CC)c(=O)oc2c1. The van der Waals surface area contributed by atoms with E-state index in [1.165, 1.54) is 36.8 Å². The molecule has 0 N–H and O–H groups in total. The highest BCUT2D eigenvalue weighted by atomic mass is 16.7. The van der Waals surface area contributed by atoms with Crippen molar-refractivity contribution >= 4 is 27.9 Å². The average Bonchev–Trinajstić information content (AvgIpc) is 3.26. The number of hydrogen-bond acceptors (Lipinski definition) is 9. The highest BCUT2D eigenvalue weighted by Crippen LogP contribution is 2.30. The highest BCUT2D eigenvalue weighted by Gasteiger charge is 2.17. The Hall–Kier alpha value is -5.93. The van der Waals surface area contributed by atoms with Crippen LogP contribution in [0.1, 0.15) is 88.5 Å². The molecule has 0 saturated heterocycles. The molecular formula is C51H56O9. The van der Waals surface area contributed by atoms with Crippen LogP contribution in [0, 0.1) is 0 Å². The molecule has 9 heteroatoms. The predicted octanol–water partition coefficient (Wildman–Crippen LogP) is 11.4. The molecule has 0 bridgehead atoms. The number of rotatable bonds is 22. The third-order valence-electron chi connectivity index (χ3n) is 10.8. The molecule has 0 fully saturated rings. The zero-order valence-electron chi connectivity index (χ0n) is 35.3. The van der Waals surface area contributed by atoms with Crippen LogP contribution in [0.15, 0.2) is 116 Å². The molecule has 0 unspecified atom stereocenters. The number of carbonyl (C=O) groups is 1. The first-order valence-corrected chi connectivity index (χ1v) is 21.3. The lowest BCUT2D eigenvalue weighted by atomic mass is 9.94. The first kappa shape index (κ1) is 43.6. The maximum atomic E-state index is 13.3. The molecule has 0 amide bonds. The quantitative estimate of drug-likeness (QED) is 0.0217. The number of ether oxygens (including phenoxy) is 4. The van der Waals surface area contributed by atoms with Crippen molar-refractivity contribution in [2.45, 2.75) is 98.0 Å². The molecule has 314 valence electrons. The highest BCUT2D eigenvalue weighted by molar-refractivity contribution is 5.85. The van der Waals surface area contributed by atoms with Crippen molar-refractivity contribution in [2.75, 3.05) is 20.0 Å². The number of aryl methyl sites for hydroxylation is 4. The molecule has 6 rings (SSSR count). The second kappa shape index (κ2) is 21.4. The molecule has 0 aliphatic heterocycles. The Balaban J connectivity index is 1.15. The van der Waals surface area contributed by atoms with Gasteiger partial charge in [-0.3, -0.25) is 0 Å². The van der Waals surface area contributed by atoms with Gasteiger partial charge in [-0.15, -0.1) is 0 Å². The van der Waals surface area contributed by atoms with Gasteiger partial charge in [-0.2, -0.15) is 0 Å². The van der Waals surface area contributed by atoms with Crippen molar-refractivity contribution in [1.29, 1.82) is 0 Å². The lowest BCUT2D eigenvalue weighted by Gasteiger charge is -2.19. The Morgan fingerprint density at radius 2 is 1.10 bits per heavy atom. The van der Waals surface area contributed by atoms with Crippen molar-refractivity contribution in [3.63, 3.8) is 0 Å². The number of carbonyl (C=O) groups excluding carboxylic acids is 1. The summed E-state index contributed by atoms with van der Waals surface area (Å²) in [7, 11) is 0. The third kappa shape index (κ3) is 11.2. The second-order valence-corrected chi connectivity index (χ2v) is 15.1. The molecule has 0 saturated carbocycles. The van der Waals surface area contributed by atoms with Gasteiger partial charge in [-0.25, -0.2) is 14.4 Å². The lowest BCUT2D eigenvalue weighted by molar-refractivity contribution is -0.158. The van der Waals surface area contributed by atoms with Crippen LogP contribution >= 0.6 is 0 Å². The van der Waals surface area contributed by atoms with E-state index < -0.39 is 23.3 Å². The summed E-state index contributed by atoms with van der Waals surface area (Å²) in [5.41, 5.74) is 7.52. The largest absolute Gasteiger partial charge is 0.491 e. The number of benzene rings is 4. The average molecular weight is 813 g/mol. The van der Waals surface area contributed by atoms with E-state index in [4.69, 9.17) is 27.8 Å². The monoisotopic (exact) mass is 812 g/mol. The minimum atomic E-state index is -0.701. The minimum absolute atomic E-state index is 0.00705. The molecular weight excluding hydrogens is 757 g/mol. The smallest absolute Gasteiger partial charge is 0.344 e. The normalized spacial score (nSPS) is 11.3. The van der Waals surface area contributed by atoms with E-state index >= 15 is 0 Å². The van der Waals surface area contributed by atoms with Crippen LogP contribution in [0.5, 0.6) is 11.5 Å². The first-order valence-electron chi connectivity index (χ1n) is 21.3. The van der Waals surface area contributed by atoms with Crippen LogP contribution in [0.25, 0.3) is 44.2 Å². The Morgan fingerprint density at radius 1 is 0.617 bits per heavy atom. The summed E-state index contributed by atoms with van der Waals surface area (Å²) < 4.78 is 34.7. The molecule has 2 heterocycles. The van der Waals surface area contributed by atoms with Crippen molar-refractivity contribution < 1.29 is 32.6 Å². The molecule has 0 radical (unpaired) electrons. The Kier molecular flexibility index (Phi) is 15.5. The fourth-order valence-electron chi connectivity index (χ4n) is 7.38. The van der Waals surface area contributed by atoms with Gasteiger partial charge in [-0.05, 0) is 108 Å². The van der Waals surface area contributed by atoms with Crippen LogP contribution in [0.3, 0.4) is 0 Å². The van der Waals surface area contributed by atoms with E-state index in [1.807, 2.05) is 36.4 Å². The van der Waals surface area contributed by atoms with Crippen molar-refractivity contribution in [1.82, 2.24) is 0 Å². The van der Waals surface area contributed by atoms with Crippen molar-refractivity contribution in [2.24, 2.45) is 0 Å². The van der Waals surface area contributed by atoms with E-state index in [-0.39, 0.29) is 20.0 Å². The molecule has 9 nitrogen and oxygen atoms in total. The number of unbranched alkanes of at least 4 members (excludes halogenated alkanes) is 4. The first-order chi connectivity index (χ1) is 29.2. The molecule has 2 aromatic heterocycles. The Bertz CT molecular complexity index is 2370. The maximum Gasteiger partial charge on any atom is 0.344 e. The summed E-state index contributed by atoms with van der Waals surface area (Å²) in [6, 6.07) is 27.0. The second-order valence-electron chi connectivity index (χ2n) is 15.1. The summed E-state index contributed by atoms with van der Waals surface area (Å²) in [5.74, 6) is 0.259. The number of esters is 1. The number of fused-ring (bicyclic) bond motifs is 2. The summed E-state index contributed by atoms with van der Waals surface area (Å²) in [4.78, 5) is 38.4. The van der Waals surface area contributed by atoms with Crippen molar-refractivity contribution in [3.8, 4) is 33.8 Å². The van der Waals surface area contributed by atoms with Gasteiger partial charge < -0.3 is 27.8 Å². The summed E-state index contributed by atoms with van der Waals surface area (Å²) >= 11 is 0. The van der Waals surface area contributed by atoms with Crippen molar-refractivity contribution in [3.05, 3.63) is 141 Å². The fourth-order valence-corrected chi connectivity index (χ4v) is 7.38. The molecule has 6 aromatic rings. The van der Waals surface area contributed by atoms with Crippen LogP contribution in [0.2, 0.25) is 0 Å². The lowest BCUT2D eigenvalue weighted by Crippen LogP contribution is -2.30. The van der Waals surface area contributed by atoms with Gasteiger partial charge in [0.15, 0.2) is 6.79 Å². The summed E-state index contributed by atoms with van der Waals surface area (Å²) in [6.07, 6.45) is 11.0. The predicted molar refractivity (Wildman–Crippen MR) is 238 cm³/mol. The molecule has 0 atom stereocenters.